The Hall–Kier alpha value is -0.570. The van der Waals surface area contributed by atoms with Crippen LogP contribution in [0.25, 0.3) is 0 Å². The van der Waals surface area contributed by atoms with Crippen molar-refractivity contribution in [2.75, 3.05) is 6.54 Å². The molecule has 0 radical (unpaired) electrons. The van der Waals surface area contributed by atoms with Crippen LogP contribution in [0.3, 0.4) is 0 Å². The number of carboxylic acids is 1. The molecule has 0 unspecified atom stereocenters. The molecule has 0 aliphatic heterocycles. The molecule has 82 valence electrons. The predicted molar refractivity (Wildman–Crippen MR) is 56.2 cm³/mol. The molecule has 0 spiro atoms. The fourth-order valence-corrected chi connectivity index (χ4v) is 2.06. The molecule has 0 amide bonds. The summed E-state index contributed by atoms with van der Waals surface area (Å²) in [6.07, 6.45) is 4.04. The van der Waals surface area contributed by atoms with E-state index in [1.54, 1.807) is 0 Å². The van der Waals surface area contributed by atoms with E-state index in [1.807, 2.05) is 0 Å². The van der Waals surface area contributed by atoms with Crippen molar-refractivity contribution >= 4 is 5.97 Å². The van der Waals surface area contributed by atoms with Crippen molar-refractivity contribution in [1.82, 2.24) is 5.32 Å². The summed E-state index contributed by atoms with van der Waals surface area (Å²) in [4.78, 5) is 10.9. The number of rotatable bonds is 5. The first kappa shape index (κ1) is 11.5. The van der Waals surface area contributed by atoms with Crippen molar-refractivity contribution in [2.24, 2.45) is 11.8 Å². The Morgan fingerprint density at radius 2 is 2.21 bits per heavy atom. The number of carbonyl (C=O) groups is 1. The highest BCUT2D eigenvalue weighted by molar-refractivity contribution is 5.71. The molecule has 1 aliphatic carbocycles. The summed E-state index contributed by atoms with van der Waals surface area (Å²) in [5.41, 5.74) is 0. The monoisotopic (exact) mass is 199 g/mol. The zero-order chi connectivity index (χ0) is 10.6. The van der Waals surface area contributed by atoms with Gasteiger partial charge >= 0.3 is 5.97 Å². The zero-order valence-electron chi connectivity index (χ0n) is 9.12. The SMILES string of the molecule is CC(C)CCN[C@H]1CCC[C@H]1C(=O)O. The van der Waals surface area contributed by atoms with Crippen LogP contribution in [0.1, 0.15) is 39.5 Å². The highest BCUT2D eigenvalue weighted by atomic mass is 16.4. The second-order valence-corrected chi connectivity index (χ2v) is 4.62. The van der Waals surface area contributed by atoms with Gasteiger partial charge in [0.15, 0.2) is 0 Å². The largest absolute Gasteiger partial charge is 0.481 e. The maximum Gasteiger partial charge on any atom is 0.308 e. The van der Waals surface area contributed by atoms with Gasteiger partial charge in [0.05, 0.1) is 5.92 Å². The lowest BCUT2D eigenvalue weighted by atomic mass is 10.0. The van der Waals surface area contributed by atoms with Crippen LogP contribution < -0.4 is 5.32 Å². The predicted octanol–water partition coefficient (Wildman–Crippen LogP) is 1.88. The topological polar surface area (TPSA) is 49.3 Å². The summed E-state index contributed by atoms with van der Waals surface area (Å²) in [5.74, 6) is -0.0982. The van der Waals surface area contributed by atoms with E-state index in [1.165, 1.54) is 0 Å². The third kappa shape index (κ3) is 3.29. The first-order valence-corrected chi connectivity index (χ1v) is 5.57. The summed E-state index contributed by atoms with van der Waals surface area (Å²) in [5, 5.41) is 12.3. The summed E-state index contributed by atoms with van der Waals surface area (Å²) < 4.78 is 0. The fraction of sp³-hybridized carbons (Fsp3) is 0.909. The normalized spacial score (nSPS) is 27.1. The number of nitrogens with one attached hydrogen (secondary N) is 1. The van der Waals surface area contributed by atoms with Gasteiger partial charge in [0.1, 0.15) is 0 Å². The lowest BCUT2D eigenvalue weighted by Gasteiger charge is -2.18. The second kappa shape index (κ2) is 5.35. The Balaban J connectivity index is 2.26. The molecule has 1 rings (SSSR count). The maximum absolute atomic E-state index is 10.9. The molecular weight excluding hydrogens is 178 g/mol. The van der Waals surface area contributed by atoms with Gasteiger partial charge in [0.2, 0.25) is 0 Å². The van der Waals surface area contributed by atoms with Crippen LogP contribution >= 0.6 is 0 Å². The molecule has 2 N–H and O–H groups in total. The molecule has 3 heteroatoms. The van der Waals surface area contributed by atoms with Crippen LogP contribution in [0.2, 0.25) is 0 Å². The lowest BCUT2D eigenvalue weighted by Crippen LogP contribution is -2.37. The average molecular weight is 199 g/mol. The minimum atomic E-state index is -0.635. The number of hydrogen-bond acceptors (Lipinski definition) is 2. The number of aliphatic carboxylic acids is 1. The van der Waals surface area contributed by atoms with Gasteiger partial charge in [-0.3, -0.25) is 4.79 Å². The summed E-state index contributed by atoms with van der Waals surface area (Å²) >= 11 is 0. The Labute approximate surface area is 85.9 Å². The molecule has 0 aromatic carbocycles. The first-order chi connectivity index (χ1) is 6.61. The first-order valence-electron chi connectivity index (χ1n) is 5.57. The minimum Gasteiger partial charge on any atom is -0.481 e. The van der Waals surface area contributed by atoms with Crippen molar-refractivity contribution in [3.05, 3.63) is 0 Å². The van der Waals surface area contributed by atoms with Gasteiger partial charge in [-0.05, 0) is 31.7 Å². The Bertz CT molecular complexity index is 192. The van der Waals surface area contributed by atoms with Crippen molar-refractivity contribution < 1.29 is 9.90 Å². The van der Waals surface area contributed by atoms with Crippen molar-refractivity contribution in [2.45, 2.75) is 45.6 Å². The van der Waals surface area contributed by atoms with Gasteiger partial charge in [0, 0.05) is 6.04 Å². The van der Waals surface area contributed by atoms with Gasteiger partial charge in [0.25, 0.3) is 0 Å². The Kier molecular flexibility index (Phi) is 4.39. The van der Waals surface area contributed by atoms with E-state index in [-0.39, 0.29) is 12.0 Å². The van der Waals surface area contributed by atoms with Gasteiger partial charge in [-0.1, -0.05) is 20.3 Å². The van der Waals surface area contributed by atoms with E-state index in [2.05, 4.69) is 19.2 Å². The number of carboxylic acid groups (broad SMARTS) is 1. The smallest absolute Gasteiger partial charge is 0.308 e. The van der Waals surface area contributed by atoms with Crippen LogP contribution in [0.15, 0.2) is 0 Å². The number of hydrogen-bond donors (Lipinski definition) is 2. The maximum atomic E-state index is 10.9. The lowest BCUT2D eigenvalue weighted by molar-refractivity contribution is -0.142. The molecule has 1 fully saturated rings. The third-order valence-electron chi connectivity index (χ3n) is 2.96. The van der Waals surface area contributed by atoms with E-state index in [9.17, 15) is 4.79 Å². The van der Waals surface area contributed by atoms with Crippen LogP contribution in [0.4, 0.5) is 0 Å². The molecule has 1 aliphatic rings. The van der Waals surface area contributed by atoms with Gasteiger partial charge in [-0.2, -0.15) is 0 Å². The van der Waals surface area contributed by atoms with E-state index in [0.717, 1.165) is 32.2 Å². The molecular formula is C11H21NO2. The van der Waals surface area contributed by atoms with Gasteiger partial charge in [-0.15, -0.1) is 0 Å². The van der Waals surface area contributed by atoms with Gasteiger partial charge in [-0.25, -0.2) is 0 Å². The highest BCUT2D eigenvalue weighted by Crippen LogP contribution is 2.25. The molecule has 0 saturated heterocycles. The van der Waals surface area contributed by atoms with Crippen LogP contribution in [0.5, 0.6) is 0 Å². The fourth-order valence-electron chi connectivity index (χ4n) is 2.06. The van der Waals surface area contributed by atoms with Crippen molar-refractivity contribution in [3.63, 3.8) is 0 Å². The molecule has 0 aromatic rings. The standard InChI is InChI=1S/C11H21NO2/c1-8(2)6-7-12-10-5-3-4-9(10)11(13)14/h8-10,12H,3-7H2,1-2H3,(H,13,14)/t9-,10+/m1/s1. The van der Waals surface area contributed by atoms with E-state index < -0.39 is 5.97 Å². The Morgan fingerprint density at radius 1 is 1.50 bits per heavy atom. The third-order valence-corrected chi connectivity index (χ3v) is 2.96. The molecule has 3 nitrogen and oxygen atoms in total. The molecule has 0 heterocycles. The molecule has 2 atom stereocenters. The molecule has 1 saturated carbocycles. The molecule has 14 heavy (non-hydrogen) atoms. The van der Waals surface area contributed by atoms with Crippen LogP contribution in [-0.4, -0.2) is 23.7 Å². The van der Waals surface area contributed by atoms with E-state index in [4.69, 9.17) is 5.11 Å². The summed E-state index contributed by atoms with van der Waals surface area (Å²) in [7, 11) is 0. The minimum absolute atomic E-state index is 0.151. The second-order valence-electron chi connectivity index (χ2n) is 4.62. The van der Waals surface area contributed by atoms with Crippen LogP contribution in [0, 0.1) is 11.8 Å². The van der Waals surface area contributed by atoms with E-state index >= 15 is 0 Å². The molecule has 0 bridgehead atoms. The molecule has 0 aromatic heterocycles. The highest BCUT2D eigenvalue weighted by Gasteiger charge is 2.32. The zero-order valence-corrected chi connectivity index (χ0v) is 9.12. The van der Waals surface area contributed by atoms with Crippen molar-refractivity contribution in [1.29, 1.82) is 0 Å². The summed E-state index contributed by atoms with van der Waals surface area (Å²) in [6, 6.07) is 0.214. The van der Waals surface area contributed by atoms with Crippen LogP contribution in [-0.2, 0) is 4.79 Å². The van der Waals surface area contributed by atoms with E-state index in [0.29, 0.717) is 5.92 Å². The average Bonchev–Trinajstić information content (AvgIpc) is 2.51. The summed E-state index contributed by atoms with van der Waals surface area (Å²) in [6.45, 7) is 5.32. The van der Waals surface area contributed by atoms with Gasteiger partial charge < -0.3 is 10.4 Å². The quantitative estimate of drug-likeness (QED) is 0.710. The Morgan fingerprint density at radius 3 is 2.79 bits per heavy atom. The van der Waals surface area contributed by atoms with Crippen molar-refractivity contribution in [3.8, 4) is 0 Å².